The van der Waals surface area contributed by atoms with Crippen LogP contribution >= 0.6 is 0 Å². The number of hydrogen-bond acceptors (Lipinski definition) is 4. The molecule has 0 spiro atoms. The lowest BCUT2D eigenvalue weighted by molar-refractivity contribution is -0.159. The van der Waals surface area contributed by atoms with Crippen LogP contribution in [-0.4, -0.2) is 26.6 Å². The molecule has 4 nitrogen and oxygen atoms in total. The van der Waals surface area contributed by atoms with E-state index in [9.17, 15) is 0 Å². The molecule has 1 fully saturated rings. The molecule has 0 unspecified atom stereocenters. The first-order valence-corrected chi connectivity index (χ1v) is 7.14. The fourth-order valence-electron chi connectivity index (χ4n) is 3.59. The van der Waals surface area contributed by atoms with Gasteiger partial charge in [0, 0.05) is 28.3 Å². The lowest BCUT2D eigenvalue weighted by Crippen LogP contribution is -2.32. The maximum Gasteiger partial charge on any atom is 0.170 e. The van der Waals surface area contributed by atoms with Crippen LogP contribution in [0.3, 0.4) is 0 Å². The Morgan fingerprint density at radius 2 is 1.76 bits per heavy atom. The van der Waals surface area contributed by atoms with Crippen LogP contribution in [0.1, 0.15) is 24.2 Å². The summed E-state index contributed by atoms with van der Waals surface area (Å²) in [6.07, 6.45) is 0.579. The molecular formula is C17H18O4. The highest BCUT2D eigenvalue weighted by Crippen LogP contribution is 2.52. The Morgan fingerprint density at radius 1 is 1.10 bits per heavy atom. The molecule has 2 aromatic rings. The highest BCUT2D eigenvalue weighted by Gasteiger charge is 2.47. The SMILES string of the molecule is COc1c2c(c(OC)c3ccccc13)[C@H]1CO[C@@](C)(C2)O1. The van der Waals surface area contributed by atoms with Crippen molar-refractivity contribution in [3.8, 4) is 11.5 Å². The van der Waals surface area contributed by atoms with E-state index in [4.69, 9.17) is 18.9 Å². The first-order valence-electron chi connectivity index (χ1n) is 7.14. The lowest BCUT2D eigenvalue weighted by Gasteiger charge is -2.32. The summed E-state index contributed by atoms with van der Waals surface area (Å²) in [5.74, 6) is 1.23. The molecule has 21 heavy (non-hydrogen) atoms. The third-order valence-electron chi connectivity index (χ3n) is 4.42. The molecule has 2 heterocycles. The van der Waals surface area contributed by atoms with Gasteiger partial charge in [0.15, 0.2) is 5.79 Å². The summed E-state index contributed by atoms with van der Waals surface area (Å²) in [6.45, 7) is 2.54. The van der Waals surface area contributed by atoms with Crippen LogP contribution in [-0.2, 0) is 15.9 Å². The zero-order chi connectivity index (χ0) is 14.6. The molecule has 2 aliphatic heterocycles. The highest BCUT2D eigenvalue weighted by molar-refractivity contribution is 5.96. The predicted molar refractivity (Wildman–Crippen MR) is 78.9 cm³/mol. The van der Waals surface area contributed by atoms with Gasteiger partial charge in [0.1, 0.15) is 17.6 Å². The van der Waals surface area contributed by atoms with Gasteiger partial charge in [0.25, 0.3) is 0 Å². The number of hydrogen-bond donors (Lipinski definition) is 0. The van der Waals surface area contributed by atoms with Crippen LogP contribution < -0.4 is 9.47 Å². The Bertz CT molecular complexity index is 724. The van der Waals surface area contributed by atoms with E-state index in [2.05, 4.69) is 12.1 Å². The fraction of sp³-hybridized carbons (Fsp3) is 0.412. The van der Waals surface area contributed by atoms with Crippen molar-refractivity contribution in [2.75, 3.05) is 20.8 Å². The van der Waals surface area contributed by atoms with Crippen molar-refractivity contribution in [1.82, 2.24) is 0 Å². The van der Waals surface area contributed by atoms with Gasteiger partial charge in [-0.25, -0.2) is 0 Å². The number of methoxy groups -OCH3 is 2. The van der Waals surface area contributed by atoms with Crippen molar-refractivity contribution in [3.63, 3.8) is 0 Å². The summed E-state index contributed by atoms with van der Waals surface area (Å²) in [6, 6.07) is 8.15. The number of fused-ring (bicyclic) bond motifs is 5. The molecular weight excluding hydrogens is 268 g/mol. The molecule has 4 rings (SSSR count). The highest BCUT2D eigenvalue weighted by atomic mass is 16.7. The van der Waals surface area contributed by atoms with Crippen molar-refractivity contribution in [3.05, 3.63) is 35.4 Å². The van der Waals surface area contributed by atoms with Crippen LogP contribution in [0.15, 0.2) is 24.3 Å². The van der Waals surface area contributed by atoms with Gasteiger partial charge in [-0.3, -0.25) is 0 Å². The van der Waals surface area contributed by atoms with E-state index in [1.54, 1.807) is 14.2 Å². The first-order chi connectivity index (χ1) is 10.2. The minimum Gasteiger partial charge on any atom is -0.496 e. The molecule has 0 aromatic heterocycles. The number of ether oxygens (including phenoxy) is 4. The maximum absolute atomic E-state index is 6.04. The topological polar surface area (TPSA) is 36.9 Å². The Balaban J connectivity index is 2.11. The summed E-state index contributed by atoms with van der Waals surface area (Å²) in [5, 5.41) is 2.12. The molecule has 2 aromatic carbocycles. The maximum atomic E-state index is 6.04. The third-order valence-corrected chi connectivity index (χ3v) is 4.42. The van der Waals surface area contributed by atoms with Crippen LogP contribution in [0.2, 0.25) is 0 Å². The number of benzene rings is 2. The van der Waals surface area contributed by atoms with Gasteiger partial charge in [0.2, 0.25) is 0 Å². The van der Waals surface area contributed by atoms with Crippen LogP contribution in [0.25, 0.3) is 10.8 Å². The van der Waals surface area contributed by atoms with Crippen LogP contribution in [0.4, 0.5) is 0 Å². The van der Waals surface area contributed by atoms with Crippen molar-refractivity contribution in [2.24, 2.45) is 0 Å². The van der Waals surface area contributed by atoms with Gasteiger partial charge in [0.05, 0.1) is 20.8 Å². The Morgan fingerprint density at radius 3 is 2.43 bits per heavy atom. The van der Waals surface area contributed by atoms with E-state index >= 15 is 0 Å². The molecule has 1 saturated heterocycles. The summed E-state index contributed by atoms with van der Waals surface area (Å²) in [7, 11) is 3.42. The fourth-order valence-corrected chi connectivity index (χ4v) is 3.59. The largest absolute Gasteiger partial charge is 0.496 e. The first kappa shape index (κ1) is 12.9. The molecule has 110 valence electrons. The van der Waals surface area contributed by atoms with Gasteiger partial charge >= 0.3 is 0 Å². The molecule has 0 aliphatic carbocycles. The van der Waals surface area contributed by atoms with Gasteiger partial charge in [-0.2, -0.15) is 0 Å². The van der Waals surface area contributed by atoms with E-state index in [0.29, 0.717) is 13.0 Å². The minimum absolute atomic E-state index is 0.0905. The van der Waals surface area contributed by atoms with E-state index in [0.717, 1.165) is 33.4 Å². The van der Waals surface area contributed by atoms with Gasteiger partial charge in [-0.1, -0.05) is 24.3 Å². The van der Waals surface area contributed by atoms with Crippen molar-refractivity contribution in [1.29, 1.82) is 0 Å². The van der Waals surface area contributed by atoms with Gasteiger partial charge < -0.3 is 18.9 Å². The summed E-state index contributed by atoms with van der Waals surface area (Å²) in [4.78, 5) is 0. The van der Waals surface area contributed by atoms with Crippen LogP contribution in [0, 0.1) is 0 Å². The average Bonchev–Trinajstić information content (AvgIpc) is 2.81. The van der Waals surface area contributed by atoms with E-state index in [-0.39, 0.29) is 6.10 Å². The van der Waals surface area contributed by atoms with Crippen molar-refractivity contribution < 1.29 is 18.9 Å². The zero-order valence-electron chi connectivity index (χ0n) is 12.4. The van der Waals surface area contributed by atoms with E-state index in [1.165, 1.54) is 0 Å². The lowest BCUT2D eigenvalue weighted by atomic mass is 9.89. The third kappa shape index (κ3) is 1.69. The summed E-state index contributed by atoms with van der Waals surface area (Å²) in [5.41, 5.74) is 2.22. The average molecular weight is 286 g/mol. The molecule has 4 heteroatoms. The Hall–Kier alpha value is -1.78. The molecule has 2 bridgehead atoms. The summed E-state index contributed by atoms with van der Waals surface area (Å²) >= 11 is 0. The Labute approximate surface area is 123 Å². The Kier molecular flexibility index (Phi) is 2.68. The molecule has 0 amide bonds. The smallest absolute Gasteiger partial charge is 0.170 e. The molecule has 0 radical (unpaired) electrons. The number of rotatable bonds is 2. The van der Waals surface area contributed by atoms with Gasteiger partial charge in [-0.05, 0) is 6.92 Å². The second kappa shape index (κ2) is 4.36. The second-order valence-corrected chi connectivity index (χ2v) is 5.73. The second-order valence-electron chi connectivity index (χ2n) is 5.73. The summed E-state index contributed by atoms with van der Waals surface area (Å²) < 4.78 is 23.3. The predicted octanol–water partition coefficient (Wildman–Crippen LogP) is 3.22. The molecule has 0 N–H and O–H groups in total. The van der Waals surface area contributed by atoms with Crippen molar-refractivity contribution in [2.45, 2.75) is 25.2 Å². The molecule has 2 atom stereocenters. The quantitative estimate of drug-likeness (QED) is 0.849. The van der Waals surface area contributed by atoms with Crippen molar-refractivity contribution >= 4 is 10.8 Å². The monoisotopic (exact) mass is 286 g/mol. The van der Waals surface area contributed by atoms with Crippen LogP contribution in [0.5, 0.6) is 11.5 Å². The molecule has 2 aliphatic rings. The van der Waals surface area contributed by atoms with E-state index in [1.807, 2.05) is 19.1 Å². The molecule has 0 saturated carbocycles. The zero-order valence-corrected chi connectivity index (χ0v) is 12.4. The minimum atomic E-state index is -0.557. The van der Waals surface area contributed by atoms with E-state index < -0.39 is 5.79 Å². The normalized spacial score (nSPS) is 26.7. The van der Waals surface area contributed by atoms with Gasteiger partial charge in [-0.15, -0.1) is 0 Å². The standard InChI is InChI=1S/C17H18O4/c1-17-8-12-14(13(21-17)9-20-17)16(19-3)11-7-5-4-6-10(11)15(12)18-2/h4-7,13H,8-9H2,1-3H3/t13-,17-/m1/s1.